The lowest BCUT2D eigenvalue weighted by molar-refractivity contribution is 0.00867. The van der Waals surface area contributed by atoms with Crippen LogP contribution in [-0.2, 0) is 11.2 Å². The standard InChI is InChI=1S/C20H36N4O2/c1-4-5-9-21-20(22-10-8-18-7-6-13-26-18)23-16-19(17(2)3)24-11-14-25-15-12-24/h6-7,13,17,19H,4-5,8-12,14-16H2,1-3H3,(H2,21,22,23). The van der Waals surface area contributed by atoms with Gasteiger partial charge in [-0.05, 0) is 24.5 Å². The molecule has 2 rings (SSSR count). The van der Waals surface area contributed by atoms with Crippen molar-refractivity contribution < 1.29 is 9.15 Å². The van der Waals surface area contributed by atoms with Gasteiger partial charge in [-0.3, -0.25) is 9.89 Å². The molecular formula is C20H36N4O2. The molecule has 6 heteroatoms. The van der Waals surface area contributed by atoms with Crippen LogP contribution in [0.25, 0.3) is 0 Å². The molecule has 1 fully saturated rings. The fourth-order valence-electron chi connectivity index (χ4n) is 3.16. The third kappa shape index (κ3) is 7.38. The van der Waals surface area contributed by atoms with E-state index >= 15 is 0 Å². The lowest BCUT2D eigenvalue weighted by Crippen LogP contribution is -2.48. The van der Waals surface area contributed by atoms with Crippen molar-refractivity contribution in [3.63, 3.8) is 0 Å². The number of hydrogen-bond donors (Lipinski definition) is 2. The number of ether oxygens (including phenoxy) is 1. The summed E-state index contributed by atoms with van der Waals surface area (Å²) in [6, 6.07) is 4.39. The normalized spacial score (nSPS) is 17.5. The largest absolute Gasteiger partial charge is 0.469 e. The molecule has 1 atom stereocenters. The number of guanidine groups is 1. The smallest absolute Gasteiger partial charge is 0.191 e. The Labute approximate surface area is 158 Å². The lowest BCUT2D eigenvalue weighted by atomic mass is 10.0. The van der Waals surface area contributed by atoms with Crippen LogP contribution in [-0.4, -0.2) is 62.8 Å². The molecule has 148 valence electrons. The van der Waals surface area contributed by atoms with Crippen LogP contribution in [0.1, 0.15) is 39.4 Å². The van der Waals surface area contributed by atoms with Crippen LogP contribution in [0.5, 0.6) is 0 Å². The summed E-state index contributed by atoms with van der Waals surface area (Å²) in [7, 11) is 0. The molecule has 0 aliphatic carbocycles. The molecule has 0 spiro atoms. The van der Waals surface area contributed by atoms with Crippen molar-refractivity contribution in [3.05, 3.63) is 24.2 Å². The van der Waals surface area contributed by atoms with Crippen LogP contribution in [0.4, 0.5) is 0 Å². The van der Waals surface area contributed by atoms with Gasteiger partial charge in [0, 0.05) is 38.6 Å². The first-order chi connectivity index (χ1) is 12.7. The van der Waals surface area contributed by atoms with Crippen molar-refractivity contribution in [1.29, 1.82) is 0 Å². The molecule has 1 aliphatic heterocycles. The third-order valence-electron chi connectivity index (χ3n) is 4.79. The van der Waals surface area contributed by atoms with Gasteiger partial charge in [-0.2, -0.15) is 0 Å². The summed E-state index contributed by atoms with van der Waals surface area (Å²) in [6.07, 6.45) is 4.91. The zero-order chi connectivity index (χ0) is 18.6. The number of morpholine rings is 1. The zero-order valence-electron chi connectivity index (χ0n) is 16.7. The van der Waals surface area contributed by atoms with Gasteiger partial charge < -0.3 is 19.8 Å². The van der Waals surface area contributed by atoms with Gasteiger partial charge in [-0.25, -0.2) is 0 Å². The van der Waals surface area contributed by atoms with E-state index in [-0.39, 0.29) is 0 Å². The van der Waals surface area contributed by atoms with E-state index in [1.54, 1.807) is 6.26 Å². The van der Waals surface area contributed by atoms with Crippen LogP contribution < -0.4 is 10.6 Å². The molecule has 0 radical (unpaired) electrons. The Kier molecular flexibility index (Phi) is 9.56. The minimum absolute atomic E-state index is 0.453. The predicted octanol–water partition coefficient (Wildman–Crippen LogP) is 2.51. The van der Waals surface area contributed by atoms with E-state index in [9.17, 15) is 0 Å². The molecule has 0 bridgehead atoms. The Morgan fingerprint density at radius 2 is 2.00 bits per heavy atom. The molecule has 0 amide bonds. The second kappa shape index (κ2) is 12.0. The van der Waals surface area contributed by atoms with Gasteiger partial charge >= 0.3 is 0 Å². The van der Waals surface area contributed by atoms with Crippen LogP contribution >= 0.6 is 0 Å². The molecule has 2 heterocycles. The Morgan fingerprint density at radius 3 is 2.65 bits per heavy atom. The first kappa shape index (κ1) is 20.8. The second-order valence-corrected chi connectivity index (χ2v) is 7.19. The van der Waals surface area contributed by atoms with E-state index in [1.807, 2.05) is 12.1 Å². The number of aliphatic imine (C=N–C) groups is 1. The Hall–Kier alpha value is -1.53. The minimum atomic E-state index is 0.453. The van der Waals surface area contributed by atoms with Gasteiger partial charge in [-0.15, -0.1) is 0 Å². The van der Waals surface area contributed by atoms with Crippen molar-refractivity contribution in [2.24, 2.45) is 10.9 Å². The first-order valence-electron chi connectivity index (χ1n) is 10.1. The summed E-state index contributed by atoms with van der Waals surface area (Å²) in [5.74, 6) is 2.47. The maximum absolute atomic E-state index is 5.50. The summed E-state index contributed by atoms with van der Waals surface area (Å²) in [5.41, 5.74) is 0. The third-order valence-corrected chi connectivity index (χ3v) is 4.79. The molecule has 1 aliphatic rings. The van der Waals surface area contributed by atoms with Gasteiger partial charge in [-0.1, -0.05) is 27.2 Å². The highest BCUT2D eigenvalue weighted by Gasteiger charge is 2.23. The van der Waals surface area contributed by atoms with Crippen LogP contribution in [0.2, 0.25) is 0 Å². The van der Waals surface area contributed by atoms with Gasteiger partial charge in [0.1, 0.15) is 5.76 Å². The van der Waals surface area contributed by atoms with Crippen LogP contribution in [0.3, 0.4) is 0 Å². The molecular weight excluding hydrogens is 328 g/mol. The van der Waals surface area contributed by atoms with Crippen LogP contribution in [0, 0.1) is 5.92 Å². The lowest BCUT2D eigenvalue weighted by Gasteiger charge is -2.36. The van der Waals surface area contributed by atoms with Gasteiger partial charge in [0.2, 0.25) is 0 Å². The Balaban J connectivity index is 1.89. The topological polar surface area (TPSA) is 62.0 Å². The zero-order valence-corrected chi connectivity index (χ0v) is 16.7. The molecule has 0 saturated carbocycles. The average molecular weight is 365 g/mol. The fraction of sp³-hybridized carbons (Fsp3) is 0.750. The number of unbranched alkanes of at least 4 members (excludes halogenated alkanes) is 1. The quantitative estimate of drug-likeness (QED) is 0.379. The second-order valence-electron chi connectivity index (χ2n) is 7.19. The van der Waals surface area contributed by atoms with Crippen molar-refractivity contribution >= 4 is 5.96 Å². The summed E-state index contributed by atoms with van der Waals surface area (Å²) in [5, 5.41) is 6.91. The van der Waals surface area contributed by atoms with Gasteiger partial charge in [0.25, 0.3) is 0 Å². The van der Waals surface area contributed by atoms with Crippen LogP contribution in [0.15, 0.2) is 27.8 Å². The van der Waals surface area contributed by atoms with Gasteiger partial charge in [0.15, 0.2) is 5.96 Å². The summed E-state index contributed by atoms with van der Waals surface area (Å²) in [6.45, 7) is 13.0. The van der Waals surface area contributed by atoms with E-state index in [0.717, 1.165) is 70.5 Å². The molecule has 26 heavy (non-hydrogen) atoms. The van der Waals surface area contributed by atoms with Crippen molar-refractivity contribution in [3.8, 4) is 0 Å². The number of rotatable bonds is 10. The highest BCUT2D eigenvalue weighted by molar-refractivity contribution is 5.79. The monoisotopic (exact) mass is 364 g/mol. The van der Waals surface area contributed by atoms with Crippen molar-refractivity contribution in [2.45, 2.75) is 46.1 Å². The molecule has 2 N–H and O–H groups in total. The minimum Gasteiger partial charge on any atom is -0.469 e. The maximum Gasteiger partial charge on any atom is 0.191 e. The molecule has 0 aromatic carbocycles. The first-order valence-corrected chi connectivity index (χ1v) is 10.1. The average Bonchev–Trinajstić information content (AvgIpc) is 3.15. The molecule has 1 aromatic heterocycles. The molecule has 1 unspecified atom stereocenters. The SMILES string of the molecule is CCCCNC(=NCC(C(C)C)N1CCOCC1)NCCc1ccco1. The number of hydrogen-bond acceptors (Lipinski definition) is 4. The summed E-state index contributed by atoms with van der Waals surface area (Å²) >= 11 is 0. The number of nitrogens with one attached hydrogen (secondary N) is 2. The molecule has 1 saturated heterocycles. The Morgan fingerprint density at radius 1 is 1.23 bits per heavy atom. The van der Waals surface area contributed by atoms with E-state index in [1.165, 1.54) is 6.42 Å². The maximum atomic E-state index is 5.50. The predicted molar refractivity (Wildman–Crippen MR) is 107 cm³/mol. The van der Waals surface area contributed by atoms with Gasteiger partial charge in [0.05, 0.1) is 26.0 Å². The highest BCUT2D eigenvalue weighted by Crippen LogP contribution is 2.13. The van der Waals surface area contributed by atoms with E-state index in [2.05, 4.69) is 36.3 Å². The van der Waals surface area contributed by atoms with Crippen molar-refractivity contribution in [1.82, 2.24) is 15.5 Å². The molecule has 1 aromatic rings. The number of furan rings is 1. The van der Waals surface area contributed by atoms with E-state index in [0.29, 0.717) is 12.0 Å². The Bertz CT molecular complexity index is 496. The highest BCUT2D eigenvalue weighted by atomic mass is 16.5. The van der Waals surface area contributed by atoms with Crippen molar-refractivity contribution in [2.75, 3.05) is 45.9 Å². The molecule has 6 nitrogen and oxygen atoms in total. The fourth-order valence-corrected chi connectivity index (χ4v) is 3.16. The van der Waals surface area contributed by atoms with E-state index in [4.69, 9.17) is 14.1 Å². The summed E-state index contributed by atoms with van der Waals surface area (Å²) < 4.78 is 10.9. The number of nitrogens with zero attached hydrogens (tertiary/aromatic N) is 2. The summed E-state index contributed by atoms with van der Waals surface area (Å²) in [4.78, 5) is 7.41. The van der Waals surface area contributed by atoms with E-state index < -0.39 is 0 Å².